The van der Waals surface area contributed by atoms with Gasteiger partial charge in [-0.05, 0) is 56.2 Å². The summed E-state index contributed by atoms with van der Waals surface area (Å²) in [5, 5.41) is 0.760. The molecule has 1 heterocycles. The van der Waals surface area contributed by atoms with Gasteiger partial charge >= 0.3 is 11.6 Å². The molecule has 0 bridgehead atoms. The number of ether oxygens (including phenoxy) is 4. The molecule has 7 heteroatoms. The summed E-state index contributed by atoms with van der Waals surface area (Å²) < 4.78 is 26.7. The summed E-state index contributed by atoms with van der Waals surface area (Å²) in [4.78, 5) is 24.6. The molecule has 1 atom stereocenters. The monoisotopic (exact) mass is 412 g/mol. The van der Waals surface area contributed by atoms with Gasteiger partial charge in [-0.1, -0.05) is 6.07 Å². The highest BCUT2D eigenvalue weighted by molar-refractivity contribution is 5.88. The molecule has 0 spiro atoms. The lowest BCUT2D eigenvalue weighted by Gasteiger charge is -2.14. The van der Waals surface area contributed by atoms with Crippen molar-refractivity contribution in [3.63, 3.8) is 0 Å². The minimum absolute atomic E-state index is 0.275. The quantitative estimate of drug-likeness (QED) is 0.426. The van der Waals surface area contributed by atoms with E-state index < -0.39 is 17.7 Å². The molecule has 2 aromatic carbocycles. The van der Waals surface area contributed by atoms with Crippen molar-refractivity contribution < 1.29 is 28.2 Å². The van der Waals surface area contributed by atoms with E-state index in [9.17, 15) is 9.59 Å². The van der Waals surface area contributed by atoms with Gasteiger partial charge in [0.15, 0.2) is 17.6 Å². The molecular formula is C23H24O7. The van der Waals surface area contributed by atoms with E-state index in [-0.39, 0.29) is 6.61 Å². The Labute approximate surface area is 174 Å². The smallest absolute Gasteiger partial charge is 0.347 e. The molecule has 3 rings (SSSR count). The van der Waals surface area contributed by atoms with Crippen LogP contribution in [0.2, 0.25) is 0 Å². The van der Waals surface area contributed by atoms with Crippen LogP contribution < -0.4 is 19.8 Å². The minimum atomic E-state index is -0.777. The predicted molar refractivity (Wildman–Crippen MR) is 112 cm³/mol. The molecule has 0 aliphatic carbocycles. The summed E-state index contributed by atoms with van der Waals surface area (Å²) in [6.07, 6.45) is -0.777. The zero-order valence-electron chi connectivity index (χ0n) is 17.6. The zero-order chi connectivity index (χ0) is 21.8. The molecule has 0 unspecified atom stereocenters. The summed E-state index contributed by atoms with van der Waals surface area (Å²) in [5.74, 6) is 1.04. The first kappa shape index (κ1) is 21.2. The van der Waals surface area contributed by atoms with Crippen LogP contribution in [0, 0.1) is 6.92 Å². The summed E-state index contributed by atoms with van der Waals surface area (Å²) in [7, 11) is 3.09. The van der Waals surface area contributed by atoms with E-state index in [4.69, 9.17) is 23.4 Å². The number of hydrogen-bond donors (Lipinski definition) is 0. The maximum absolute atomic E-state index is 12.8. The first-order valence-corrected chi connectivity index (χ1v) is 9.52. The van der Waals surface area contributed by atoms with Crippen molar-refractivity contribution in [1.82, 2.24) is 0 Å². The number of esters is 1. The average Bonchev–Trinajstić information content (AvgIpc) is 2.73. The summed E-state index contributed by atoms with van der Waals surface area (Å²) in [6.45, 7) is 5.46. The van der Waals surface area contributed by atoms with E-state index in [0.29, 0.717) is 34.0 Å². The fourth-order valence-corrected chi connectivity index (χ4v) is 3.25. The van der Waals surface area contributed by atoms with E-state index in [1.807, 2.05) is 6.92 Å². The molecule has 0 radical (unpaired) electrons. The molecule has 158 valence electrons. The summed E-state index contributed by atoms with van der Waals surface area (Å²) >= 11 is 0. The molecule has 0 N–H and O–H groups in total. The number of hydrogen-bond acceptors (Lipinski definition) is 7. The van der Waals surface area contributed by atoms with E-state index in [2.05, 4.69) is 0 Å². The van der Waals surface area contributed by atoms with Gasteiger partial charge in [-0.3, -0.25) is 0 Å². The lowest BCUT2D eigenvalue weighted by Crippen LogP contribution is -2.26. The number of methoxy groups -OCH3 is 2. The highest BCUT2D eigenvalue weighted by Gasteiger charge is 2.18. The zero-order valence-corrected chi connectivity index (χ0v) is 17.6. The fraction of sp³-hybridized carbons (Fsp3) is 0.304. The Morgan fingerprint density at radius 1 is 1.07 bits per heavy atom. The van der Waals surface area contributed by atoms with Crippen molar-refractivity contribution in [2.24, 2.45) is 0 Å². The number of fused-ring (bicyclic) bond motifs is 1. The third kappa shape index (κ3) is 4.10. The van der Waals surface area contributed by atoms with Crippen molar-refractivity contribution in [3.05, 3.63) is 52.4 Å². The number of carbonyl (C=O) groups excluding carboxylic acids is 1. The molecule has 0 amide bonds. The van der Waals surface area contributed by atoms with Crippen LogP contribution in [0.5, 0.6) is 17.2 Å². The van der Waals surface area contributed by atoms with Gasteiger partial charge in [-0.2, -0.15) is 0 Å². The maximum Gasteiger partial charge on any atom is 0.347 e. The first-order valence-electron chi connectivity index (χ1n) is 9.52. The summed E-state index contributed by atoms with van der Waals surface area (Å²) in [5.41, 5.74) is 1.76. The molecule has 0 aliphatic heterocycles. The van der Waals surface area contributed by atoms with Gasteiger partial charge in [0, 0.05) is 11.5 Å². The van der Waals surface area contributed by atoms with E-state index in [1.165, 1.54) is 7.11 Å². The molecule has 0 saturated heterocycles. The van der Waals surface area contributed by atoms with Gasteiger partial charge in [-0.15, -0.1) is 0 Å². The average molecular weight is 412 g/mol. The molecule has 7 nitrogen and oxygen atoms in total. The predicted octanol–water partition coefficient (Wildman–Crippen LogP) is 4.12. The maximum atomic E-state index is 12.8. The lowest BCUT2D eigenvalue weighted by molar-refractivity contribution is -0.150. The van der Waals surface area contributed by atoms with Crippen LogP contribution in [0.3, 0.4) is 0 Å². The van der Waals surface area contributed by atoms with Crippen LogP contribution in [0.4, 0.5) is 0 Å². The second kappa shape index (κ2) is 8.90. The van der Waals surface area contributed by atoms with Crippen molar-refractivity contribution in [1.29, 1.82) is 0 Å². The molecule has 0 fully saturated rings. The highest BCUT2D eigenvalue weighted by atomic mass is 16.6. The number of benzene rings is 2. The molecule has 3 aromatic rings. The fourth-order valence-electron chi connectivity index (χ4n) is 3.25. The van der Waals surface area contributed by atoms with Gasteiger partial charge in [0.25, 0.3) is 0 Å². The van der Waals surface area contributed by atoms with Gasteiger partial charge in [0.1, 0.15) is 11.3 Å². The minimum Gasteiger partial charge on any atom is -0.493 e. The van der Waals surface area contributed by atoms with Crippen LogP contribution in [-0.4, -0.2) is 32.9 Å². The largest absolute Gasteiger partial charge is 0.493 e. The number of aryl methyl sites for hydroxylation is 1. The molecule has 1 aromatic heterocycles. The Hall–Kier alpha value is -3.48. The van der Waals surface area contributed by atoms with Crippen molar-refractivity contribution in [2.45, 2.75) is 26.9 Å². The molecule has 0 saturated carbocycles. The van der Waals surface area contributed by atoms with Gasteiger partial charge < -0.3 is 23.4 Å². The van der Waals surface area contributed by atoms with Crippen LogP contribution in [-0.2, 0) is 9.53 Å². The summed E-state index contributed by atoms with van der Waals surface area (Å²) in [6, 6.07) is 10.4. The van der Waals surface area contributed by atoms with Gasteiger partial charge in [-0.25, -0.2) is 9.59 Å². The van der Waals surface area contributed by atoms with E-state index in [0.717, 1.165) is 10.9 Å². The van der Waals surface area contributed by atoms with Crippen LogP contribution >= 0.6 is 0 Å². The Bertz CT molecular complexity index is 1130. The molecule has 30 heavy (non-hydrogen) atoms. The third-order valence-corrected chi connectivity index (χ3v) is 4.74. The van der Waals surface area contributed by atoms with Crippen molar-refractivity contribution in [2.75, 3.05) is 20.8 Å². The Kier molecular flexibility index (Phi) is 6.30. The van der Waals surface area contributed by atoms with Crippen LogP contribution in [0.25, 0.3) is 22.1 Å². The normalized spacial score (nSPS) is 11.8. The van der Waals surface area contributed by atoms with Crippen molar-refractivity contribution >= 4 is 16.9 Å². The molecule has 0 aliphatic rings. The Morgan fingerprint density at radius 2 is 1.80 bits per heavy atom. The van der Waals surface area contributed by atoms with Gasteiger partial charge in [0.05, 0.1) is 26.4 Å². The van der Waals surface area contributed by atoms with Crippen LogP contribution in [0.15, 0.2) is 45.6 Å². The number of carbonyl (C=O) groups is 1. The first-order chi connectivity index (χ1) is 14.4. The second-order valence-electron chi connectivity index (χ2n) is 6.63. The standard InChI is InChI=1S/C23H24O7/c1-6-28-22(24)14(3)29-16-8-9-17-13(2)21(23(25)30-19(17)12-16)15-7-10-18(26-4)20(11-15)27-5/h7-12,14H,6H2,1-5H3/t14-/m0/s1. The van der Waals surface area contributed by atoms with Gasteiger partial charge in [0.2, 0.25) is 0 Å². The Balaban J connectivity index is 2.02. The van der Waals surface area contributed by atoms with Crippen LogP contribution in [0.1, 0.15) is 19.4 Å². The van der Waals surface area contributed by atoms with E-state index in [1.54, 1.807) is 57.4 Å². The molecular weight excluding hydrogens is 388 g/mol. The van der Waals surface area contributed by atoms with E-state index >= 15 is 0 Å². The Morgan fingerprint density at radius 3 is 2.47 bits per heavy atom. The second-order valence-corrected chi connectivity index (χ2v) is 6.63. The third-order valence-electron chi connectivity index (χ3n) is 4.74. The van der Waals surface area contributed by atoms with Crippen molar-refractivity contribution in [3.8, 4) is 28.4 Å². The number of rotatable bonds is 7. The SMILES string of the molecule is CCOC(=O)[C@H](C)Oc1ccc2c(C)c(-c3ccc(OC)c(OC)c3)c(=O)oc2c1. The lowest BCUT2D eigenvalue weighted by atomic mass is 9.99. The topological polar surface area (TPSA) is 84.2 Å². The highest BCUT2D eigenvalue weighted by Crippen LogP contribution is 2.34.